The molecule has 2 nitrogen and oxygen atoms in total. The van der Waals surface area contributed by atoms with Gasteiger partial charge < -0.3 is 5.32 Å². The predicted octanol–water partition coefficient (Wildman–Crippen LogP) is 7.88. The number of amides is 1. The van der Waals surface area contributed by atoms with Crippen LogP contribution in [0.15, 0.2) is 48.6 Å². The van der Waals surface area contributed by atoms with E-state index in [1.165, 1.54) is 25.7 Å². The van der Waals surface area contributed by atoms with Crippen molar-refractivity contribution in [2.75, 3.05) is 13.2 Å². The van der Waals surface area contributed by atoms with Gasteiger partial charge in [0.15, 0.2) is 0 Å². The van der Waals surface area contributed by atoms with Crippen LogP contribution in [0.1, 0.15) is 91.9 Å². The summed E-state index contributed by atoms with van der Waals surface area (Å²) < 4.78 is 12.0. The zero-order valence-corrected chi connectivity index (χ0v) is 20.0. The summed E-state index contributed by atoms with van der Waals surface area (Å²) in [5, 5.41) is 2.58. The van der Waals surface area contributed by atoms with Gasteiger partial charge in [0, 0.05) is 12.5 Å². The number of rotatable bonds is 18. The molecule has 1 N–H and O–H groups in total. The third-order valence-corrected chi connectivity index (χ3v) is 5.22. The van der Waals surface area contributed by atoms with Gasteiger partial charge in [0.05, 0.1) is 0 Å². The second-order valence-corrected chi connectivity index (χ2v) is 8.88. The normalized spacial score (nSPS) is 13.9. The molecule has 0 saturated heterocycles. The van der Waals surface area contributed by atoms with E-state index in [9.17, 15) is 9.18 Å². The van der Waals surface area contributed by atoms with Crippen molar-refractivity contribution in [2.45, 2.75) is 91.9 Å². The fraction of sp³-hybridized carbons (Fsp3) is 0.667. The quantitative estimate of drug-likeness (QED) is 0.178. The summed E-state index contributed by atoms with van der Waals surface area (Å²) >= 11 is 0. The highest BCUT2D eigenvalue weighted by molar-refractivity contribution is 5.78. The maximum Gasteiger partial charge on any atom is 0.222 e. The minimum Gasteiger partial charge on any atom is -0.353 e. The Bertz CT molecular complexity index is 531. The maximum absolute atomic E-state index is 12.0. The van der Waals surface area contributed by atoms with Crippen LogP contribution in [0.4, 0.5) is 4.39 Å². The Labute approximate surface area is 185 Å². The van der Waals surface area contributed by atoms with Crippen LogP contribution in [0.25, 0.3) is 0 Å². The van der Waals surface area contributed by atoms with Crippen molar-refractivity contribution < 1.29 is 9.18 Å². The molecule has 0 aliphatic rings. The molecular formula is C27H46FNO. The summed E-state index contributed by atoms with van der Waals surface area (Å²) in [4.78, 5) is 11.6. The average Bonchev–Trinajstić information content (AvgIpc) is 2.72. The number of carbonyl (C=O) groups is 1. The first-order valence-corrected chi connectivity index (χ1v) is 11.9. The monoisotopic (exact) mass is 419 g/mol. The number of hydrogen-bond donors (Lipinski definition) is 1. The first-order valence-electron chi connectivity index (χ1n) is 11.9. The van der Waals surface area contributed by atoms with E-state index in [1.807, 2.05) is 6.92 Å². The molecule has 0 aromatic rings. The van der Waals surface area contributed by atoms with E-state index in [0.717, 1.165) is 38.5 Å². The van der Waals surface area contributed by atoms with E-state index < -0.39 is 6.67 Å². The van der Waals surface area contributed by atoms with Crippen molar-refractivity contribution in [3.05, 3.63) is 48.6 Å². The zero-order valence-electron chi connectivity index (χ0n) is 20.0. The highest BCUT2D eigenvalue weighted by Crippen LogP contribution is 2.28. The van der Waals surface area contributed by atoms with Gasteiger partial charge in [0.2, 0.25) is 5.91 Å². The van der Waals surface area contributed by atoms with Crippen LogP contribution in [-0.2, 0) is 4.79 Å². The molecule has 0 bridgehead atoms. The van der Waals surface area contributed by atoms with E-state index in [4.69, 9.17) is 0 Å². The predicted molar refractivity (Wildman–Crippen MR) is 130 cm³/mol. The Morgan fingerprint density at radius 1 is 0.933 bits per heavy atom. The Morgan fingerprint density at radius 2 is 1.50 bits per heavy atom. The lowest BCUT2D eigenvalue weighted by atomic mass is 9.83. The molecule has 0 heterocycles. The molecule has 0 fully saturated rings. The van der Waals surface area contributed by atoms with Crippen molar-refractivity contribution in [3.8, 4) is 0 Å². The van der Waals surface area contributed by atoms with Crippen LogP contribution >= 0.6 is 0 Å². The SMILES string of the molecule is CCCCCC(C)(C)C/C=C\C/C=C\C/C=C\C/C=C\CCC(C)C(=O)NCCF. The lowest BCUT2D eigenvalue weighted by molar-refractivity contribution is -0.124. The van der Waals surface area contributed by atoms with Crippen molar-refractivity contribution in [1.82, 2.24) is 5.32 Å². The standard InChI is InChI=1S/C27H46FNO/c1-5-6-18-21-27(3,4)22-19-16-14-12-10-8-7-9-11-13-15-17-20-25(2)26(30)29-24-23-28/h7,9-10,12-13,15-16,19,25H,5-6,8,11,14,17-18,20-24H2,1-4H3,(H,29,30)/b9-7-,12-10-,15-13-,19-16-. The third kappa shape index (κ3) is 18.4. The molecule has 0 saturated carbocycles. The highest BCUT2D eigenvalue weighted by Gasteiger charge is 2.14. The number of halogens is 1. The van der Waals surface area contributed by atoms with Gasteiger partial charge >= 0.3 is 0 Å². The molecule has 0 aromatic heterocycles. The summed E-state index contributed by atoms with van der Waals surface area (Å²) in [5.41, 5.74) is 0.422. The minimum atomic E-state index is -0.506. The van der Waals surface area contributed by atoms with Gasteiger partial charge in [-0.15, -0.1) is 0 Å². The van der Waals surface area contributed by atoms with Gasteiger partial charge in [-0.2, -0.15) is 0 Å². The summed E-state index contributed by atoms with van der Waals surface area (Å²) in [7, 11) is 0. The molecule has 0 aromatic carbocycles. The van der Waals surface area contributed by atoms with Crippen molar-refractivity contribution in [3.63, 3.8) is 0 Å². The number of hydrogen-bond acceptors (Lipinski definition) is 1. The fourth-order valence-electron chi connectivity index (χ4n) is 3.11. The lowest BCUT2D eigenvalue weighted by Gasteiger charge is -2.22. The Hall–Kier alpha value is -1.64. The van der Waals surface area contributed by atoms with Crippen LogP contribution in [0.2, 0.25) is 0 Å². The van der Waals surface area contributed by atoms with Gasteiger partial charge in [-0.25, -0.2) is 4.39 Å². The van der Waals surface area contributed by atoms with Crippen molar-refractivity contribution in [1.29, 1.82) is 0 Å². The Morgan fingerprint density at radius 3 is 2.07 bits per heavy atom. The molecule has 1 unspecified atom stereocenters. The molecule has 30 heavy (non-hydrogen) atoms. The number of allylic oxidation sites excluding steroid dienone is 8. The molecule has 1 atom stereocenters. The van der Waals surface area contributed by atoms with Crippen LogP contribution in [0.5, 0.6) is 0 Å². The molecule has 0 aliphatic heterocycles. The molecule has 0 rings (SSSR count). The molecule has 0 aliphatic carbocycles. The summed E-state index contributed by atoms with van der Waals surface area (Å²) in [6.07, 6.45) is 28.7. The third-order valence-electron chi connectivity index (χ3n) is 5.22. The van der Waals surface area contributed by atoms with E-state index >= 15 is 0 Å². The molecule has 3 heteroatoms. The summed E-state index contributed by atoms with van der Waals surface area (Å²) in [6, 6.07) is 0. The van der Waals surface area contributed by atoms with Gasteiger partial charge in [-0.1, -0.05) is 95.6 Å². The topological polar surface area (TPSA) is 29.1 Å². The van der Waals surface area contributed by atoms with Crippen LogP contribution < -0.4 is 5.32 Å². The first kappa shape index (κ1) is 28.4. The van der Waals surface area contributed by atoms with Gasteiger partial charge in [-0.3, -0.25) is 4.79 Å². The van der Waals surface area contributed by atoms with E-state index in [-0.39, 0.29) is 18.4 Å². The first-order chi connectivity index (χ1) is 14.4. The fourth-order valence-corrected chi connectivity index (χ4v) is 3.11. The Balaban J connectivity index is 3.75. The zero-order chi connectivity index (χ0) is 22.5. The van der Waals surface area contributed by atoms with Crippen molar-refractivity contribution >= 4 is 5.91 Å². The lowest BCUT2D eigenvalue weighted by Crippen LogP contribution is -2.30. The van der Waals surface area contributed by atoms with Gasteiger partial charge in [-0.05, 0) is 50.4 Å². The minimum absolute atomic E-state index is 0.0572. The van der Waals surface area contributed by atoms with Crippen LogP contribution in [-0.4, -0.2) is 19.1 Å². The summed E-state index contributed by atoms with van der Waals surface area (Å²) in [6.45, 7) is 8.50. The molecule has 0 radical (unpaired) electrons. The molecule has 1 amide bonds. The number of carbonyl (C=O) groups excluding carboxylic acids is 1. The molecule has 0 spiro atoms. The second kappa shape index (κ2) is 19.3. The second-order valence-electron chi connectivity index (χ2n) is 8.88. The maximum atomic E-state index is 12.0. The number of alkyl halides is 1. The van der Waals surface area contributed by atoms with Gasteiger partial charge in [0.1, 0.15) is 6.67 Å². The van der Waals surface area contributed by atoms with Crippen molar-refractivity contribution in [2.24, 2.45) is 11.3 Å². The summed E-state index contributed by atoms with van der Waals surface area (Å²) in [5.74, 6) is -0.124. The molecule has 172 valence electrons. The number of unbranched alkanes of at least 4 members (excludes halogenated alkanes) is 2. The van der Waals surface area contributed by atoms with Crippen LogP contribution in [0.3, 0.4) is 0 Å². The average molecular weight is 420 g/mol. The smallest absolute Gasteiger partial charge is 0.222 e. The van der Waals surface area contributed by atoms with Gasteiger partial charge in [0.25, 0.3) is 0 Å². The largest absolute Gasteiger partial charge is 0.353 e. The molecular weight excluding hydrogens is 373 g/mol. The Kier molecular flexibility index (Phi) is 18.3. The highest BCUT2D eigenvalue weighted by atomic mass is 19.1. The van der Waals surface area contributed by atoms with E-state index in [2.05, 4.69) is 74.7 Å². The van der Waals surface area contributed by atoms with E-state index in [1.54, 1.807) is 0 Å². The van der Waals surface area contributed by atoms with E-state index in [0.29, 0.717) is 5.41 Å². The number of nitrogens with one attached hydrogen (secondary N) is 1. The van der Waals surface area contributed by atoms with Crippen LogP contribution in [0, 0.1) is 11.3 Å².